The second-order valence-electron chi connectivity index (χ2n) is 5.18. The number of aryl methyl sites for hydroxylation is 1. The quantitative estimate of drug-likeness (QED) is 0.874. The number of aliphatic hydroxyl groups is 1. The van der Waals surface area contributed by atoms with Crippen molar-refractivity contribution in [2.45, 2.75) is 42.9 Å². The zero-order valence-electron chi connectivity index (χ0n) is 11.8. The molecule has 2 heterocycles. The molecule has 1 aromatic heterocycles. The highest BCUT2D eigenvalue weighted by atomic mass is 32.2. The van der Waals surface area contributed by atoms with Gasteiger partial charge in [-0.2, -0.15) is 4.31 Å². The number of aromatic carboxylic acids is 1. The van der Waals surface area contributed by atoms with Crippen LogP contribution in [0.5, 0.6) is 0 Å². The fourth-order valence-corrected chi connectivity index (χ4v) is 5.75. The molecule has 0 radical (unpaired) electrons. The van der Waals surface area contributed by atoms with E-state index >= 15 is 0 Å². The van der Waals surface area contributed by atoms with Crippen molar-refractivity contribution >= 4 is 27.3 Å². The van der Waals surface area contributed by atoms with E-state index < -0.39 is 22.0 Å². The minimum Gasteiger partial charge on any atom is -0.477 e. The van der Waals surface area contributed by atoms with Gasteiger partial charge in [0.15, 0.2) is 0 Å². The number of aliphatic hydroxyl groups excluding tert-OH is 1. The monoisotopic (exact) mass is 333 g/mol. The van der Waals surface area contributed by atoms with Crippen molar-refractivity contribution in [3.8, 4) is 0 Å². The van der Waals surface area contributed by atoms with E-state index in [1.165, 1.54) is 10.4 Å². The van der Waals surface area contributed by atoms with E-state index in [1.54, 1.807) is 6.92 Å². The molecule has 21 heavy (non-hydrogen) atoms. The number of nitrogens with zero attached hydrogens (tertiary/aromatic N) is 1. The Labute approximate surface area is 128 Å². The van der Waals surface area contributed by atoms with E-state index in [-0.39, 0.29) is 15.7 Å². The molecular formula is C13H19NO5S2. The Balaban J connectivity index is 2.40. The second-order valence-corrected chi connectivity index (χ2v) is 8.35. The van der Waals surface area contributed by atoms with Gasteiger partial charge in [0.1, 0.15) is 9.09 Å². The maximum absolute atomic E-state index is 12.7. The van der Waals surface area contributed by atoms with Gasteiger partial charge in [-0.05, 0) is 31.4 Å². The highest BCUT2D eigenvalue weighted by molar-refractivity contribution is 7.91. The summed E-state index contributed by atoms with van der Waals surface area (Å²) in [7, 11) is -3.75. The van der Waals surface area contributed by atoms with Crippen LogP contribution in [-0.4, -0.2) is 48.1 Å². The molecule has 0 aliphatic carbocycles. The Kier molecular flexibility index (Phi) is 5.03. The van der Waals surface area contributed by atoms with Gasteiger partial charge in [0.25, 0.3) is 10.0 Å². The fraction of sp³-hybridized carbons (Fsp3) is 0.615. The molecule has 0 saturated carbocycles. The summed E-state index contributed by atoms with van der Waals surface area (Å²) in [6, 6.07) is 0.983. The summed E-state index contributed by atoms with van der Waals surface area (Å²) >= 11 is 0.777. The third-order valence-corrected chi connectivity index (χ3v) is 7.31. The van der Waals surface area contributed by atoms with Gasteiger partial charge in [0, 0.05) is 12.6 Å². The number of carboxylic acid groups (broad SMARTS) is 1. The first-order chi connectivity index (χ1) is 9.87. The van der Waals surface area contributed by atoms with Crippen molar-refractivity contribution in [3.05, 3.63) is 16.5 Å². The number of carboxylic acids is 1. The van der Waals surface area contributed by atoms with Crippen LogP contribution in [0.3, 0.4) is 0 Å². The van der Waals surface area contributed by atoms with E-state index in [0.717, 1.165) is 30.6 Å². The van der Waals surface area contributed by atoms with Gasteiger partial charge in [-0.1, -0.05) is 12.8 Å². The van der Waals surface area contributed by atoms with Crippen molar-refractivity contribution in [3.63, 3.8) is 0 Å². The van der Waals surface area contributed by atoms with Crippen LogP contribution in [0.2, 0.25) is 0 Å². The molecule has 1 saturated heterocycles. The standard InChI is InChI=1S/C13H19NO5S2/c1-9-7-11(20-12(9)13(16)17)21(18,19)14-6-4-2-3-5-10(14)8-15/h7,10,15H,2-6,8H2,1H3,(H,16,17). The fourth-order valence-electron chi connectivity index (χ4n) is 2.56. The van der Waals surface area contributed by atoms with Gasteiger partial charge in [0.05, 0.1) is 6.61 Å². The lowest BCUT2D eigenvalue weighted by Gasteiger charge is -2.26. The third kappa shape index (κ3) is 3.28. The number of hydrogen-bond donors (Lipinski definition) is 2. The van der Waals surface area contributed by atoms with Crippen LogP contribution < -0.4 is 0 Å². The van der Waals surface area contributed by atoms with Gasteiger partial charge in [0.2, 0.25) is 0 Å². The topological polar surface area (TPSA) is 94.9 Å². The maximum atomic E-state index is 12.7. The van der Waals surface area contributed by atoms with Crippen LogP contribution in [0, 0.1) is 6.92 Å². The van der Waals surface area contributed by atoms with Gasteiger partial charge < -0.3 is 10.2 Å². The summed E-state index contributed by atoms with van der Waals surface area (Å²) in [5.74, 6) is -1.12. The Bertz CT molecular complexity index is 623. The van der Waals surface area contributed by atoms with E-state index in [9.17, 15) is 18.3 Å². The third-order valence-electron chi connectivity index (χ3n) is 3.69. The highest BCUT2D eigenvalue weighted by Gasteiger charge is 2.34. The lowest BCUT2D eigenvalue weighted by atomic mass is 10.1. The van der Waals surface area contributed by atoms with Crippen molar-refractivity contribution < 1.29 is 23.4 Å². The Hall–Kier alpha value is -0.960. The van der Waals surface area contributed by atoms with Gasteiger partial charge in [-0.15, -0.1) is 11.3 Å². The predicted molar refractivity (Wildman–Crippen MR) is 79.2 cm³/mol. The molecule has 6 nitrogen and oxygen atoms in total. The van der Waals surface area contributed by atoms with Crippen LogP contribution in [0.15, 0.2) is 10.3 Å². The van der Waals surface area contributed by atoms with Crippen LogP contribution >= 0.6 is 11.3 Å². The summed E-state index contributed by atoms with van der Waals surface area (Å²) in [4.78, 5) is 11.1. The Morgan fingerprint density at radius 1 is 1.43 bits per heavy atom. The van der Waals surface area contributed by atoms with E-state index in [2.05, 4.69) is 0 Å². The summed E-state index contributed by atoms with van der Waals surface area (Å²) in [6.07, 6.45) is 3.21. The SMILES string of the molecule is Cc1cc(S(=O)(=O)N2CCCCCC2CO)sc1C(=O)O. The predicted octanol–water partition coefficient (Wildman–Crippen LogP) is 1.68. The first-order valence-electron chi connectivity index (χ1n) is 6.84. The minimum atomic E-state index is -3.75. The Morgan fingerprint density at radius 2 is 2.14 bits per heavy atom. The molecule has 1 aromatic rings. The molecule has 118 valence electrons. The first kappa shape index (κ1) is 16.4. The van der Waals surface area contributed by atoms with Crippen LogP contribution in [0.25, 0.3) is 0 Å². The van der Waals surface area contributed by atoms with E-state index in [4.69, 9.17) is 5.11 Å². The average Bonchev–Trinajstić information content (AvgIpc) is 2.68. The molecule has 0 aromatic carbocycles. The van der Waals surface area contributed by atoms with Gasteiger partial charge in [-0.3, -0.25) is 0 Å². The summed E-state index contributed by atoms with van der Waals surface area (Å²) in [5.41, 5.74) is 0.446. The zero-order chi connectivity index (χ0) is 15.6. The van der Waals surface area contributed by atoms with E-state index in [0.29, 0.717) is 18.5 Å². The smallest absolute Gasteiger partial charge is 0.346 e. The molecule has 1 aliphatic heterocycles. The lowest BCUT2D eigenvalue weighted by molar-refractivity contribution is 0.0701. The van der Waals surface area contributed by atoms with Crippen LogP contribution in [0.4, 0.5) is 0 Å². The summed E-state index contributed by atoms with van der Waals surface area (Å²) in [6.45, 7) is 1.74. The zero-order valence-corrected chi connectivity index (χ0v) is 13.4. The molecule has 0 bridgehead atoms. The lowest BCUT2D eigenvalue weighted by Crippen LogP contribution is -2.41. The summed E-state index contributed by atoms with van der Waals surface area (Å²) in [5, 5.41) is 18.5. The molecule has 1 atom stereocenters. The van der Waals surface area contributed by atoms with Crippen molar-refractivity contribution in [2.75, 3.05) is 13.2 Å². The first-order valence-corrected chi connectivity index (χ1v) is 9.10. The van der Waals surface area contributed by atoms with Crippen molar-refractivity contribution in [1.29, 1.82) is 0 Å². The molecule has 2 rings (SSSR count). The number of hydrogen-bond acceptors (Lipinski definition) is 5. The Morgan fingerprint density at radius 3 is 2.71 bits per heavy atom. The molecule has 8 heteroatoms. The average molecular weight is 333 g/mol. The maximum Gasteiger partial charge on any atom is 0.346 e. The number of thiophene rings is 1. The van der Waals surface area contributed by atoms with E-state index in [1.807, 2.05) is 0 Å². The molecule has 1 fully saturated rings. The second kappa shape index (κ2) is 6.43. The molecule has 2 N–H and O–H groups in total. The van der Waals surface area contributed by atoms with Crippen molar-refractivity contribution in [1.82, 2.24) is 4.31 Å². The largest absolute Gasteiger partial charge is 0.477 e. The van der Waals surface area contributed by atoms with Gasteiger partial charge in [-0.25, -0.2) is 13.2 Å². The normalized spacial score (nSPS) is 21.1. The number of carbonyl (C=O) groups is 1. The minimum absolute atomic E-state index is 0.0396. The molecule has 0 spiro atoms. The van der Waals surface area contributed by atoms with Crippen LogP contribution in [0.1, 0.15) is 40.9 Å². The number of sulfonamides is 1. The molecular weight excluding hydrogens is 314 g/mol. The van der Waals surface area contributed by atoms with Crippen molar-refractivity contribution in [2.24, 2.45) is 0 Å². The summed E-state index contributed by atoms with van der Waals surface area (Å²) < 4.78 is 26.8. The number of rotatable bonds is 4. The highest BCUT2D eigenvalue weighted by Crippen LogP contribution is 2.31. The molecule has 0 amide bonds. The van der Waals surface area contributed by atoms with Crippen LogP contribution in [-0.2, 0) is 10.0 Å². The molecule has 1 unspecified atom stereocenters. The molecule has 1 aliphatic rings. The van der Waals surface area contributed by atoms with Gasteiger partial charge >= 0.3 is 5.97 Å².